The van der Waals surface area contributed by atoms with Crippen molar-refractivity contribution in [1.82, 2.24) is 0 Å². The largest absolute Gasteiger partial charge is 0.414 e. The van der Waals surface area contributed by atoms with Gasteiger partial charge in [0, 0.05) is 0 Å². The summed E-state index contributed by atoms with van der Waals surface area (Å²) >= 11 is 0. The molecule has 0 aliphatic heterocycles. The second-order valence-corrected chi connectivity index (χ2v) is 16.1. The molecule has 4 fully saturated rings. The van der Waals surface area contributed by atoms with Crippen LogP contribution in [-0.4, -0.2) is 27.1 Å². The van der Waals surface area contributed by atoms with E-state index in [1.54, 1.807) is 0 Å². The molecular weight excluding hydrogens is 300 g/mol. The van der Waals surface area contributed by atoms with Crippen molar-refractivity contribution < 1.29 is 9.16 Å². The molecule has 4 bridgehead atoms. The fraction of sp³-hybridized carbons (Fsp3) is 1.00. The predicted octanol–water partition coefficient (Wildman–Crippen LogP) is 5.77. The second kappa shape index (κ2) is 5.31. The van der Waals surface area contributed by atoms with Gasteiger partial charge in [-0.3, -0.25) is 0 Å². The van der Waals surface area contributed by atoms with Crippen molar-refractivity contribution in [2.45, 2.75) is 96.9 Å². The first kappa shape index (κ1) is 17.9. The summed E-state index contributed by atoms with van der Waals surface area (Å²) in [5.74, 6) is 0.905. The Labute approximate surface area is 144 Å². The average molecular weight is 339 g/mol. The van der Waals surface area contributed by atoms with Gasteiger partial charge in [0.05, 0.1) is 18.8 Å². The zero-order chi connectivity index (χ0) is 17.1. The average Bonchev–Trinajstić information content (AvgIpc) is 2.28. The van der Waals surface area contributed by atoms with Gasteiger partial charge in [0.25, 0.3) is 0 Å². The Bertz CT molecular complexity index is 447. The highest BCUT2D eigenvalue weighted by atomic mass is 28.4. The number of ether oxygens (including phenoxy) is 1. The smallest absolute Gasteiger partial charge is 0.192 e. The van der Waals surface area contributed by atoms with Crippen molar-refractivity contribution in [2.24, 2.45) is 16.7 Å². The summed E-state index contributed by atoms with van der Waals surface area (Å²) in [6, 6.07) is 0. The summed E-state index contributed by atoms with van der Waals surface area (Å²) in [5.41, 5.74) is 1.24. The molecule has 3 heteroatoms. The van der Waals surface area contributed by atoms with Crippen LogP contribution < -0.4 is 0 Å². The van der Waals surface area contributed by atoms with Crippen molar-refractivity contribution in [3.05, 3.63) is 0 Å². The van der Waals surface area contributed by atoms with Crippen molar-refractivity contribution in [3.63, 3.8) is 0 Å². The SMILES string of the molecule is CC12CC3CC(C)(C1)CC(OCCO[Si](C)(C)C(C)(C)C)(C3)C2. The highest BCUT2D eigenvalue weighted by Crippen LogP contribution is 2.67. The van der Waals surface area contributed by atoms with E-state index in [-0.39, 0.29) is 10.6 Å². The summed E-state index contributed by atoms with van der Waals surface area (Å²) in [6.07, 6.45) is 8.17. The molecule has 2 nitrogen and oxygen atoms in total. The molecule has 0 aromatic heterocycles. The van der Waals surface area contributed by atoms with Gasteiger partial charge >= 0.3 is 0 Å². The van der Waals surface area contributed by atoms with Gasteiger partial charge in [0.15, 0.2) is 8.32 Å². The van der Waals surface area contributed by atoms with Crippen LogP contribution in [0.3, 0.4) is 0 Å². The van der Waals surface area contributed by atoms with Crippen LogP contribution in [0.4, 0.5) is 0 Å². The van der Waals surface area contributed by atoms with E-state index >= 15 is 0 Å². The van der Waals surface area contributed by atoms with Crippen LogP contribution in [0.25, 0.3) is 0 Å². The van der Waals surface area contributed by atoms with Gasteiger partial charge in [-0.15, -0.1) is 0 Å². The first-order chi connectivity index (χ1) is 10.4. The van der Waals surface area contributed by atoms with Crippen LogP contribution in [0.1, 0.15) is 73.1 Å². The van der Waals surface area contributed by atoms with E-state index in [0.29, 0.717) is 10.8 Å². The third-order valence-corrected chi connectivity index (χ3v) is 11.9. The van der Waals surface area contributed by atoms with Gasteiger partial charge in [-0.05, 0) is 73.4 Å². The maximum atomic E-state index is 6.58. The molecular formula is C20H38O2Si. The van der Waals surface area contributed by atoms with E-state index in [1.165, 1.54) is 38.5 Å². The molecule has 23 heavy (non-hydrogen) atoms. The molecule has 0 radical (unpaired) electrons. The third-order valence-electron chi connectivity index (χ3n) is 7.34. The van der Waals surface area contributed by atoms with Gasteiger partial charge in [-0.1, -0.05) is 34.6 Å². The Hall–Kier alpha value is 0.137. The molecule has 0 aromatic rings. The summed E-state index contributed by atoms with van der Waals surface area (Å²) in [4.78, 5) is 0. The quantitative estimate of drug-likeness (QED) is 0.468. The number of hydrogen-bond donors (Lipinski definition) is 0. The Morgan fingerprint density at radius 3 is 1.96 bits per heavy atom. The zero-order valence-electron chi connectivity index (χ0n) is 16.6. The van der Waals surface area contributed by atoms with Crippen LogP contribution in [-0.2, 0) is 9.16 Å². The first-order valence-electron chi connectivity index (χ1n) is 9.64. The van der Waals surface area contributed by atoms with E-state index in [0.717, 1.165) is 19.1 Å². The van der Waals surface area contributed by atoms with Gasteiger partial charge in [-0.2, -0.15) is 0 Å². The lowest BCUT2D eigenvalue weighted by Gasteiger charge is -2.65. The lowest BCUT2D eigenvalue weighted by atomic mass is 9.43. The van der Waals surface area contributed by atoms with E-state index in [4.69, 9.17) is 9.16 Å². The molecule has 4 saturated carbocycles. The van der Waals surface area contributed by atoms with Crippen molar-refractivity contribution >= 4 is 8.32 Å². The minimum atomic E-state index is -1.64. The molecule has 2 unspecified atom stereocenters. The molecule has 0 saturated heterocycles. The number of rotatable bonds is 5. The first-order valence-corrected chi connectivity index (χ1v) is 12.6. The van der Waals surface area contributed by atoms with E-state index in [9.17, 15) is 0 Å². The van der Waals surface area contributed by atoms with Crippen LogP contribution in [0.15, 0.2) is 0 Å². The molecule has 0 heterocycles. The molecule has 2 atom stereocenters. The fourth-order valence-electron chi connectivity index (χ4n) is 6.28. The van der Waals surface area contributed by atoms with Gasteiger partial charge in [0.1, 0.15) is 0 Å². The van der Waals surface area contributed by atoms with Crippen molar-refractivity contribution in [2.75, 3.05) is 13.2 Å². The maximum Gasteiger partial charge on any atom is 0.192 e. The molecule has 4 rings (SSSR count). The predicted molar refractivity (Wildman–Crippen MR) is 99.2 cm³/mol. The van der Waals surface area contributed by atoms with E-state index in [2.05, 4.69) is 47.7 Å². The summed E-state index contributed by atoms with van der Waals surface area (Å²) < 4.78 is 12.9. The molecule has 0 N–H and O–H groups in total. The van der Waals surface area contributed by atoms with Gasteiger partial charge in [-0.25, -0.2) is 0 Å². The normalized spacial score (nSPS) is 43.2. The van der Waals surface area contributed by atoms with Crippen molar-refractivity contribution in [3.8, 4) is 0 Å². The van der Waals surface area contributed by atoms with Gasteiger partial charge < -0.3 is 9.16 Å². The Kier molecular flexibility index (Phi) is 4.15. The van der Waals surface area contributed by atoms with Crippen LogP contribution in [0, 0.1) is 16.7 Å². The number of hydrogen-bond acceptors (Lipinski definition) is 2. The summed E-state index contributed by atoms with van der Waals surface area (Å²) in [5, 5.41) is 0.286. The third kappa shape index (κ3) is 3.43. The molecule has 4 aliphatic carbocycles. The maximum absolute atomic E-state index is 6.58. The molecule has 0 amide bonds. The van der Waals surface area contributed by atoms with E-state index in [1.807, 2.05) is 0 Å². The highest BCUT2D eigenvalue weighted by Gasteiger charge is 2.60. The van der Waals surface area contributed by atoms with Crippen LogP contribution >= 0.6 is 0 Å². The Morgan fingerprint density at radius 2 is 1.48 bits per heavy atom. The Morgan fingerprint density at radius 1 is 0.913 bits per heavy atom. The zero-order valence-corrected chi connectivity index (χ0v) is 17.6. The van der Waals surface area contributed by atoms with E-state index < -0.39 is 8.32 Å². The highest BCUT2D eigenvalue weighted by molar-refractivity contribution is 6.74. The van der Waals surface area contributed by atoms with Crippen LogP contribution in [0.5, 0.6) is 0 Å². The minimum absolute atomic E-state index is 0.166. The summed E-state index contributed by atoms with van der Waals surface area (Å²) in [6.45, 7) is 18.2. The second-order valence-electron chi connectivity index (χ2n) is 11.3. The molecule has 134 valence electrons. The van der Waals surface area contributed by atoms with Crippen molar-refractivity contribution in [1.29, 1.82) is 0 Å². The summed E-state index contributed by atoms with van der Waals surface area (Å²) in [7, 11) is -1.64. The topological polar surface area (TPSA) is 18.5 Å². The molecule has 0 aromatic carbocycles. The Balaban J connectivity index is 1.57. The molecule has 4 aliphatic rings. The van der Waals surface area contributed by atoms with Crippen LogP contribution in [0.2, 0.25) is 18.1 Å². The minimum Gasteiger partial charge on any atom is -0.414 e. The lowest BCUT2D eigenvalue weighted by Crippen LogP contribution is -2.59. The standard InChI is InChI=1S/C20H38O2Si/c1-17(2,3)23(6,7)22-9-8-21-20-12-16-10-18(4,14-20)13-19(5,11-16)15-20/h16H,8-15H2,1-7H3. The molecule has 0 spiro atoms. The monoisotopic (exact) mass is 338 g/mol. The lowest BCUT2D eigenvalue weighted by molar-refractivity contribution is -0.216. The fourth-order valence-corrected chi connectivity index (χ4v) is 7.30. The van der Waals surface area contributed by atoms with Gasteiger partial charge in [0.2, 0.25) is 0 Å².